The number of nitrogens with one attached hydrogen (secondary N) is 1. The van der Waals surface area contributed by atoms with E-state index in [9.17, 15) is 10.1 Å². The van der Waals surface area contributed by atoms with Crippen LogP contribution in [0.2, 0.25) is 0 Å². The van der Waals surface area contributed by atoms with Crippen LogP contribution in [-0.4, -0.2) is 11.5 Å². The molecule has 1 unspecified atom stereocenters. The topological polar surface area (TPSA) is 68.3 Å². The second-order valence-electron chi connectivity index (χ2n) is 4.75. The maximum absolute atomic E-state index is 11.1. The maximum atomic E-state index is 11.1. The van der Waals surface area contributed by atoms with E-state index < -0.39 is 0 Å². The highest BCUT2D eigenvalue weighted by Crippen LogP contribution is 2.29. The van der Waals surface area contributed by atoms with Crippen molar-refractivity contribution in [3.05, 3.63) is 62.5 Å². The van der Waals surface area contributed by atoms with E-state index in [1.807, 2.05) is 12.1 Å². The monoisotopic (exact) mass is 352 g/mol. The quantitative estimate of drug-likeness (QED) is 0.597. The van der Waals surface area contributed by atoms with Gasteiger partial charge >= 0.3 is 0 Å². The SMILES string of the molecule is CCCNC(Cc1ccccc1[N+](=O)[O-])c1ccoc1Br. The van der Waals surface area contributed by atoms with Gasteiger partial charge in [-0.1, -0.05) is 25.1 Å². The molecular formula is C15H17BrN2O3. The first-order valence-electron chi connectivity index (χ1n) is 6.82. The number of para-hydroxylation sites is 1. The molecule has 0 spiro atoms. The fourth-order valence-electron chi connectivity index (χ4n) is 2.25. The van der Waals surface area contributed by atoms with Crippen LogP contribution in [0.25, 0.3) is 0 Å². The molecular weight excluding hydrogens is 336 g/mol. The van der Waals surface area contributed by atoms with Crippen molar-refractivity contribution in [3.8, 4) is 0 Å². The molecule has 21 heavy (non-hydrogen) atoms. The minimum absolute atomic E-state index is 0.0285. The summed E-state index contributed by atoms with van der Waals surface area (Å²) in [4.78, 5) is 10.8. The highest BCUT2D eigenvalue weighted by Gasteiger charge is 2.21. The highest BCUT2D eigenvalue weighted by atomic mass is 79.9. The number of benzene rings is 1. The summed E-state index contributed by atoms with van der Waals surface area (Å²) < 4.78 is 5.95. The second-order valence-corrected chi connectivity index (χ2v) is 5.47. The molecule has 0 saturated heterocycles. The van der Waals surface area contributed by atoms with Gasteiger partial charge in [-0.25, -0.2) is 0 Å². The Morgan fingerprint density at radius 3 is 2.76 bits per heavy atom. The molecule has 0 amide bonds. The van der Waals surface area contributed by atoms with Gasteiger partial charge in [-0.15, -0.1) is 0 Å². The van der Waals surface area contributed by atoms with Crippen molar-refractivity contribution >= 4 is 21.6 Å². The summed E-state index contributed by atoms with van der Waals surface area (Å²) >= 11 is 3.38. The Labute approximate surface area is 131 Å². The van der Waals surface area contributed by atoms with E-state index >= 15 is 0 Å². The summed E-state index contributed by atoms with van der Waals surface area (Å²) in [5, 5.41) is 14.5. The summed E-state index contributed by atoms with van der Waals surface area (Å²) in [5.41, 5.74) is 1.84. The van der Waals surface area contributed by atoms with Crippen molar-refractivity contribution in [2.45, 2.75) is 25.8 Å². The van der Waals surface area contributed by atoms with Crippen molar-refractivity contribution in [2.24, 2.45) is 0 Å². The second kappa shape index (κ2) is 7.38. The van der Waals surface area contributed by atoms with Crippen LogP contribution in [-0.2, 0) is 6.42 Å². The molecule has 1 aromatic heterocycles. The summed E-state index contributed by atoms with van der Waals surface area (Å²) in [6.45, 7) is 2.92. The standard InChI is InChI=1S/C15H17BrN2O3/c1-2-8-17-13(12-7-9-21-15(12)16)10-11-5-3-4-6-14(11)18(19)20/h3-7,9,13,17H,2,8,10H2,1H3. The summed E-state index contributed by atoms with van der Waals surface area (Å²) in [7, 11) is 0. The molecule has 1 aromatic carbocycles. The molecule has 0 aliphatic heterocycles. The van der Waals surface area contributed by atoms with Crippen molar-refractivity contribution in [1.82, 2.24) is 5.32 Å². The van der Waals surface area contributed by atoms with E-state index in [2.05, 4.69) is 28.2 Å². The molecule has 2 aromatic rings. The van der Waals surface area contributed by atoms with E-state index in [1.165, 1.54) is 6.07 Å². The Balaban J connectivity index is 2.27. The average Bonchev–Trinajstić information content (AvgIpc) is 2.90. The first kappa shape index (κ1) is 15.7. The zero-order valence-electron chi connectivity index (χ0n) is 11.7. The maximum Gasteiger partial charge on any atom is 0.272 e. The van der Waals surface area contributed by atoms with Gasteiger partial charge in [0.15, 0.2) is 4.67 Å². The van der Waals surface area contributed by atoms with Crippen molar-refractivity contribution in [3.63, 3.8) is 0 Å². The van der Waals surface area contributed by atoms with E-state index in [-0.39, 0.29) is 16.7 Å². The average molecular weight is 353 g/mol. The van der Waals surface area contributed by atoms with Crippen LogP contribution in [0.1, 0.15) is 30.5 Å². The summed E-state index contributed by atoms with van der Waals surface area (Å²) in [5.74, 6) is 0. The van der Waals surface area contributed by atoms with Crippen molar-refractivity contribution in [2.75, 3.05) is 6.54 Å². The lowest BCUT2D eigenvalue weighted by Gasteiger charge is -2.17. The smallest absolute Gasteiger partial charge is 0.272 e. The molecule has 0 bridgehead atoms. The van der Waals surface area contributed by atoms with Gasteiger partial charge in [-0.2, -0.15) is 0 Å². The van der Waals surface area contributed by atoms with E-state index in [0.29, 0.717) is 16.7 Å². The molecule has 1 heterocycles. The van der Waals surface area contributed by atoms with Crippen molar-refractivity contribution < 1.29 is 9.34 Å². The molecule has 0 radical (unpaired) electrons. The Morgan fingerprint density at radius 1 is 1.38 bits per heavy atom. The van der Waals surface area contributed by atoms with Gasteiger partial charge in [0.25, 0.3) is 5.69 Å². The van der Waals surface area contributed by atoms with Crippen LogP contribution in [0.3, 0.4) is 0 Å². The van der Waals surface area contributed by atoms with Crippen LogP contribution in [0, 0.1) is 10.1 Å². The van der Waals surface area contributed by atoms with Gasteiger partial charge in [-0.3, -0.25) is 10.1 Å². The Bertz CT molecular complexity index is 612. The third-order valence-electron chi connectivity index (χ3n) is 3.27. The van der Waals surface area contributed by atoms with Gasteiger partial charge in [0.1, 0.15) is 0 Å². The molecule has 0 aliphatic carbocycles. The zero-order valence-corrected chi connectivity index (χ0v) is 13.3. The minimum atomic E-state index is -0.337. The summed E-state index contributed by atoms with van der Waals surface area (Å²) in [6.07, 6.45) is 3.14. The van der Waals surface area contributed by atoms with Gasteiger partial charge in [0, 0.05) is 23.2 Å². The molecule has 112 valence electrons. The van der Waals surface area contributed by atoms with Gasteiger partial charge < -0.3 is 9.73 Å². The van der Waals surface area contributed by atoms with Crippen LogP contribution >= 0.6 is 15.9 Å². The predicted molar refractivity (Wildman–Crippen MR) is 84.2 cm³/mol. The van der Waals surface area contributed by atoms with Gasteiger partial charge in [0.05, 0.1) is 11.2 Å². The Morgan fingerprint density at radius 2 is 2.14 bits per heavy atom. The molecule has 2 rings (SSSR count). The largest absolute Gasteiger partial charge is 0.457 e. The first-order valence-corrected chi connectivity index (χ1v) is 7.61. The lowest BCUT2D eigenvalue weighted by Crippen LogP contribution is -2.24. The number of nitro groups is 1. The molecule has 1 N–H and O–H groups in total. The van der Waals surface area contributed by atoms with Crippen LogP contribution in [0.15, 0.2) is 45.7 Å². The zero-order chi connectivity index (χ0) is 15.2. The predicted octanol–water partition coefficient (Wildman–Crippen LogP) is 4.23. The normalized spacial score (nSPS) is 12.3. The van der Waals surface area contributed by atoms with Crippen LogP contribution in [0.4, 0.5) is 5.69 Å². The third kappa shape index (κ3) is 3.92. The molecule has 6 heteroatoms. The van der Waals surface area contributed by atoms with Crippen LogP contribution < -0.4 is 5.32 Å². The fraction of sp³-hybridized carbons (Fsp3) is 0.333. The molecule has 1 atom stereocenters. The van der Waals surface area contributed by atoms with E-state index in [1.54, 1.807) is 18.4 Å². The van der Waals surface area contributed by atoms with Crippen LogP contribution in [0.5, 0.6) is 0 Å². The molecule has 0 aliphatic rings. The Hall–Kier alpha value is -1.66. The molecule has 0 saturated carbocycles. The number of nitrogens with zero attached hydrogens (tertiary/aromatic N) is 1. The molecule has 5 nitrogen and oxygen atoms in total. The van der Waals surface area contributed by atoms with Gasteiger partial charge in [-0.05, 0) is 41.4 Å². The van der Waals surface area contributed by atoms with E-state index in [0.717, 1.165) is 18.5 Å². The highest BCUT2D eigenvalue weighted by molar-refractivity contribution is 9.10. The number of hydrogen-bond acceptors (Lipinski definition) is 4. The van der Waals surface area contributed by atoms with E-state index in [4.69, 9.17) is 4.42 Å². The number of halogens is 1. The minimum Gasteiger partial charge on any atom is -0.457 e. The lowest BCUT2D eigenvalue weighted by molar-refractivity contribution is -0.385. The van der Waals surface area contributed by atoms with Crippen molar-refractivity contribution in [1.29, 1.82) is 0 Å². The Kier molecular flexibility index (Phi) is 5.52. The van der Waals surface area contributed by atoms with Gasteiger partial charge in [0.2, 0.25) is 0 Å². The fourth-order valence-corrected chi connectivity index (χ4v) is 2.76. The lowest BCUT2D eigenvalue weighted by atomic mass is 9.99. The summed E-state index contributed by atoms with van der Waals surface area (Å²) in [6, 6.07) is 8.70. The first-order chi connectivity index (χ1) is 10.1. The number of rotatable bonds is 7. The number of hydrogen-bond donors (Lipinski definition) is 1. The number of nitro benzene ring substituents is 1. The molecule has 0 fully saturated rings. The number of furan rings is 1. The third-order valence-corrected chi connectivity index (χ3v) is 3.92.